The molecule has 0 atom stereocenters. The van der Waals surface area contributed by atoms with Crippen molar-refractivity contribution in [1.82, 2.24) is 24.7 Å². The lowest BCUT2D eigenvalue weighted by molar-refractivity contribution is 0.0946. The molecule has 0 fully saturated rings. The first-order chi connectivity index (χ1) is 11.8. The molecular weight excluding hydrogens is 322 g/mol. The maximum absolute atomic E-state index is 12.3. The molecule has 0 bridgehead atoms. The molecule has 0 aliphatic carbocycles. The molecular formula is C17H13N5OS. The Bertz CT molecular complexity index is 992. The van der Waals surface area contributed by atoms with Crippen LogP contribution in [0, 0.1) is 0 Å². The Balaban J connectivity index is 1.48. The van der Waals surface area contributed by atoms with Crippen molar-refractivity contribution in [2.24, 2.45) is 0 Å². The highest BCUT2D eigenvalue weighted by atomic mass is 32.1. The number of imidazole rings is 1. The normalized spacial score (nSPS) is 10.8. The minimum Gasteiger partial charge on any atom is -0.345 e. The van der Waals surface area contributed by atoms with Crippen molar-refractivity contribution in [3.8, 4) is 10.6 Å². The van der Waals surface area contributed by atoms with E-state index in [2.05, 4.69) is 20.3 Å². The average Bonchev–Trinajstić information content (AvgIpc) is 3.28. The second kappa shape index (κ2) is 6.21. The molecule has 1 aromatic carbocycles. The summed E-state index contributed by atoms with van der Waals surface area (Å²) < 4.78 is 1.89. The largest absolute Gasteiger partial charge is 0.345 e. The third-order valence-electron chi connectivity index (χ3n) is 3.58. The molecule has 24 heavy (non-hydrogen) atoms. The van der Waals surface area contributed by atoms with Gasteiger partial charge in [0, 0.05) is 23.3 Å². The van der Waals surface area contributed by atoms with Crippen molar-refractivity contribution < 1.29 is 4.79 Å². The van der Waals surface area contributed by atoms with E-state index in [-0.39, 0.29) is 5.91 Å². The highest BCUT2D eigenvalue weighted by molar-refractivity contribution is 7.13. The Morgan fingerprint density at radius 1 is 1.21 bits per heavy atom. The summed E-state index contributed by atoms with van der Waals surface area (Å²) in [5.74, 6) is -0.197. The maximum Gasteiger partial charge on any atom is 0.271 e. The van der Waals surface area contributed by atoms with E-state index in [4.69, 9.17) is 0 Å². The molecule has 0 unspecified atom stereocenters. The Morgan fingerprint density at radius 3 is 2.96 bits per heavy atom. The van der Waals surface area contributed by atoms with Gasteiger partial charge in [-0.3, -0.25) is 14.2 Å². The summed E-state index contributed by atoms with van der Waals surface area (Å²) in [5, 5.41) is 5.49. The van der Waals surface area contributed by atoms with Crippen molar-refractivity contribution in [2.75, 3.05) is 0 Å². The van der Waals surface area contributed by atoms with Crippen molar-refractivity contribution in [3.05, 3.63) is 71.9 Å². The zero-order valence-electron chi connectivity index (χ0n) is 12.6. The summed E-state index contributed by atoms with van der Waals surface area (Å²) in [6, 6.07) is 9.82. The van der Waals surface area contributed by atoms with Gasteiger partial charge < -0.3 is 5.32 Å². The van der Waals surface area contributed by atoms with Crippen LogP contribution in [0.3, 0.4) is 0 Å². The van der Waals surface area contributed by atoms with E-state index < -0.39 is 0 Å². The first-order valence-corrected chi connectivity index (χ1v) is 8.24. The van der Waals surface area contributed by atoms with Crippen LogP contribution in [0.15, 0.2) is 60.5 Å². The number of aromatic nitrogens is 4. The van der Waals surface area contributed by atoms with Gasteiger partial charge in [0.2, 0.25) is 0 Å². The molecule has 4 rings (SSSR count). The van der Waals surface area contributed by atoms with Crippen molar-refractivity contribution >= 4 is 22.9 Å². The van der Waals surface area contributed by atoms with Gasteiger partial charge >= 0.3 is 0 Å². The molecule has 1 N–H and O–H groups in total. The zero-order chi connectivity index (χ0) is 16.4. The van der Waals surface area contributed by atoms with Gasteiger partial charge in [-0.15, -0.1) is 11.3 Å². The number of carbonyl (C=O) groups excluding carboxylic acids is 1. The highest BCUT2D eigenvalue weighted by Gasteiger charge is 2.12. The number of benzene rings is 1. The number of thiazole rings is 1. The molecule has 0 aliphatic rings. The monoisotopic (exact) mass is 335 g/mol. The standard InChI is InChI=1S/C17H13N5OS/c23-16(14-11-24-17(21-14)12-4-2-1-3-5-12)20-9-13-8-19-15-10-18-6-7-22(13)15/h1-8,10-11H,9H2,(H,20,23). The highest BCUT2D eigenvalue weighted by Crippen LogP contribution is 2.23. The molecule has 0 aliphatic heterocycles. The SMILES string of the molecule is O=C(NCc1cnc2cnccn12)c1csc(-c2ccccc2)n1. The lowest BCUT2D eigenvalue weighted by atomic mass is 10.2. The fourth-order valence-electron chi connectivity index (χ4n) is 2.38. The summed E-state index contributed by atoms with van der Waals surface area (Å²) in [5.41, 5.74) is 3.08. The van der Waals surface area contributed by atoms with Gasteiger partial charge in [-0.1, -0.05) is 30.3 Å². The Kier molecular flexibility index (Phi) is 3.76. The van der Waals surface area contributed by atoms with Gasteiger partial charge in [0.25, 0.3) is 5.91 Å². The van der Waals surface area contributed by atoms with Crippen molar-refractivity contribution in [2.45, 2.75) is 6.54 Å². The van der Waals surface area contributed by atoms with Crippen LogP contribution in [0.4, 0.5) is 0 Å². The number of nitrogens with one attached hydrogen (secondary N) is 1. The summed E-state index contributed by atoms with van der Waals surface area (Å²) in [6.45, 7) is 0.377. The van der Waals surface area contributed by atoms with Crippen LogP contribution < -0.4 is 5.32 Å². The molecule has 3 heterocycles. The molecule has 0 saturated carbocycles. The molecule has 4 aromatic rings. The van der Waals surface area contributed by atoms with Crippen LogP contribution in [0.25, 0.3) is 16.2 Å². The summed E-state index contributed by atoms with van der Waals surface area (Å²) in [4.78, 5) is 25.0. The molecule has 118 valence electrons. The molecule has 0 saturated heterocycles. The summed E-state index contributed by atoms with van der Waals surface area (Å²) in [7, 11) is 0. The van der Waals surface area contributed by atoms with E-state index in [1.165, 1.54) is 11.3 Å². The van der Waals surface area contributed by atoms with Crippen molar-refractivity contribution in [3.63, 3.8) is 0 Å². The van der Waals surface area contributed by atoms with E-state index in [0.29, 0.717) is 12.2 Å². The smallest absolute Gasteiger partial charge is 0.271 e. The number of fused-ring (bicyclic) bond motifs is 1. The van der Waals surface area contributed by atoms with Gasteiger partial charge in [0.05, 0.1) is 24.6 Å². The van der Waals surface area contributed by atoms with Gasteiger partial charge in [-0.25, -0.2) is 9.97 Å². The Labute approximate surface area is 141 Å². The van der Waals surface area contributed by atoms with Gasteiger partial charge in [-0.2, -0.15) is 0 Å². The van der Waals surface area contributed by atoms with Crippen LogP contribution in [0.2, 0.25) is 0 Å². The lowest BCUT2D eigenvalue weighted by Gasteiger charge is -2.03. The van der Waals surface area contributed by atoms with Crippen LogP contribution >= 0.6 is 11.3 Å². The predicted octanol–water partition coefficient (Wildman–Crippen LogP) is 2.78. The van der Waals surface area contributed by atoms with E-state index in [0.717, 1.165) is 21.9 Å². The van der Waals surface area contributed by atoms with Gasteiger partial charge in [0.15, 0.2) is 5.65 Å². The van der Waals surface area contributed by atoms with Crippen LogP contribution in [0.5, 0.6) is 0 Å². The second-order valence-corrected chi connectivity index (χ2v) is 6.00. The topological polar surface area (TPSA) is 72.2 Å². The predicted molar refractivity (Wildman–Crippen MR) is 91.7 cm³/mol. The second-order valence-electron chi connectivity index (χ2n) is 5.14. The molecule has 0 spiro atoms. The number of carbonyl (C=O) groups is 1. The quantitative estimate of drug-likeness (QED) is 0.622. The maximum atomic E-state index is 12.3. The molecule has 6 nitrogen and oxygen atoms in total. The lowest BCUT2D eigenvalue weighted by Crippen LogP contribution is -2.23. The number of hydrogen-bond acceptors (Lipinski definition) is 5. The van der Waals surface area contributed by atoms with Crippen LogP contribution in [0.1, 0.15) is 16.2 Å². The number of amides is 1. The Hall–Kier alpha value is -3.06. The fourth-order valence-corrected chi connectivity index (χ4v) is 3.18. The van der Waals surface area contributed by atoms with E-state index in [9.17, 15) is 4.79 Å². The first kappa shape index (κ1) is 14.5. The average molecular weight is 335 g/mol. The number of nitrogens with zero attached hydrogens (tertiary/aromatic N) is 4. The summed E-state index contributed by atoms with van der Waals surface area (Å²) >= 11 is 1.46. The van der Waals surface area contributed by atoms with Gasteiger partial charge in [0.1, 0.15) is 10.7 Å². The summed E-state index contributed by atoms with van der Waals surface area (Å²) in [6.07, 6.45) is 6.92. The molecule has 0 radical (unpaired) electrons. The molecule has 7 heteroatoms. The minimum atomic E-state index is -0.197. The van der Waals surface area contributed by atoms with Gasteiger partial charge in [-0.05, 0) is 0 Å². The van der Waals surface area contributed by atoms with Crippen molar-refractivity contribution in [1.29, 1.82) is 0 Å². The van der Waals surface area contributed by atoms with Crippen LogP contribution in [-0.4, -0.2) is 25.3 Å². The van der Waals surface area contributed by atoms with E-state index in [1.54, 1.807) is 24.0 Å². The van der Waals surface area contributed by atoms with E-state index in [1.807, 2.05) is 40.9 Å². The third-order valence-corrected chi connectivity index (χ3v) is 4.47. The Morgan fingerprint density at radius 2 is 2.08 bits per heavy atom. The third kappa shape index (κ3) is 2.77. The first-order valence-electron chi connectivity index (χ1n) is 7.36. The zero-order valence-corrected chi connectivity index (χ0v) is 13.4. The molecule has 1 amide bonds. The number of hydrogen-bond donors (Lipinski definition) is 1. The minimum absolute atomic E-state index is 0.197. The number of rotatable bonds is 4. The fraction of sp³-hybridized carbons (Fsp3) is 0.0588. The van der Waals surface area contributed by atoms with E-state index >= 15 is 0 Å². The van der Waals surface area contributed by atoms with Crippen LogP contribution in [-0.2, 0) is 6.54 Å². The molecule has 3 aromatic heterocycles.